The molecule has 2 saturated heterocycles. The fourth-order valence-corrected chi connectivity index (χ4v) is 5.93. The average molecular weight is 573 g/mol. The zero-order valence-electron chi connectivity index (χ0n) is 21.3. The molecule has 0 atom stereocenters. The van der Waals surface area contributed by atoms with Gasteiger partial charge in [-0.3, -0.25) is 14.6 Å². The van der Waals surface area contributed by atoms with Gasteiger partial charge in [0.1, 0.15) is 5.82 Å². The summed E-state index contributed by atoms with van der Waals surface area (Å²) in [5, 5.41) is 4.84. The van der Waals surface area contributed by atoms with Crippen LogP contribution in [0, 0.1) is 0 Å². The van der Waals surface area contributed by atoms with Crippen LogP contribution >= 0.6 is 34.8 Å². The van der Waals surface area contributed by atoms with Crippen LogP contribution in [-0.4, -0.2) is 66.0 Å². The number of carbonyl (C=O) groups excluding carboxylic acids is 1. The number of piperidine rings is 1. The van der Waals surface area contributed by atoms with Crippen LogP contribution in [0.1, 0.15) is 34.3 Å². The highest BCUT2D eigenvalue weighted by Crippen LogP contribution is 2.27. The number of benzene rings is 2. The zero-order valence-corrected chi connectivity index (χ0v) is 23.5. The van der Waals surface area contributed by atoms with E-state index in [-0.39, 0.29) is 5.91 Å². The van der Waals surface area contributed by atoms with Crippen molar-refractivity contribution < 1.29 is 4.79 Å². The summed E-state index contributed by atoms with van der Waals surface area (Å²) < 4.78 is 0. The van der Waals surface area contributed by atoms with Gasteiger partial charge in [0.05, 0.1) is 10.6 Å². The van der Waals surface area contributed by atoms with E-state index in [1.807, 2.05) is 36.4 Å². The van der Waals surface area contributed by atoms with E-state index in [1.54, 1.807) is 12.3 Å². The number of pyridine rings is 1. The lowest BCUT2D eigenvalue weighted by atomic mass is 10.0. The summed E-state index contributed by atoms with van der Waals surface area (Å²) in [4.78, 5) is 24.6. The molecule has 2 aromatic carbocycles. The van der Waals surface area contributed by atoms with Crippen molar-refractivity contribution in [1.82, 2.24) is 20.1 Å². The third kappa shape index (κ3) is 6.99. The van der Waals surface area contributed by atoms with Gasteiger partial charge in [-0.1, -0.05) is 59.1 Å². The first kappa shape index (κ1) is 27.2. The molecule has 3 heterocycles. The monoisotopic (exact) mass is 571 g/mol. The Labute approximate surface area is 239 Å². The maximum Gasteiger partial charge on any atom is 0.253 e. The highest BCUT2D eigenvalue weighted by atomic mass is 35.5. The van der Waals surface area contributed by atoms with Crippen LogP contribution in [0.4, 0.5) is 5.82 Å². The molecule has 1 aromatic heterocycles. The third-order valence-corrected chi connectivity index (χ3v) is 8.20. The van der Waals surface area contributed by atoms with E-state index in [4.69, 9.17) is 34.8 Å². The van der Waals surface area contributed by atoms with E-state index in [0.717, 1.165) is 62.2 Å². The minimum atomic E-state index is -0.210. The molecule has 1 N–H and O–H groups in total. The fourth-order valence-electron chi connectivity index (χ4n) is 5.31. The topological polar surface area (TPSA) is 51.7 Å². The summed E-state index contributed by atoms with van der Waals surface area (Å²) in [6, 6.07) is 17.9. The average Bonchev–Trinajstić information content (AvgIpc) is 2.93. The van der Waals surface area contributed by atoms with Crippen molar-refractivity contribution in [1.29, 1.82) is 0 Å². The molecule has 1 amide bonds. The molecule has 0 spiro atoms. The Kier molecular flexibility index (Phi) is 9.08. The maximum absolute atomic E-state index is 12.6. The van der Waals surface area contributed by atoms with E-state index >= 15 is 0 Å². The summed E-state index contributed by atoms with van der Waals surface area (Å²) in [5.74, 6) is 0.536. The van der Waals surface area contributed by atoms with Gasteiger partial charge < -0.3 is 10.2 Å². The standard InChI is InChI=1S/C29H32Cl3N5O/c30-24-6-4-21(5-7-24)20-35-10-8-26(9-11-35)36-12-14-37(15-13-36)28-27(32)17-23(19-33-28)29(38)34-18-22-2-1-3-25(31)16-22/h1-7,16-17,19,26H,8-15,18,20H2,(H,34,38). The first-order valence-electron chi connectivity index (χ1n) is 13.1. The number of hydrogen-bond donors (Lipinski definition) is 1. The number of hydrogen-bond acceptors (Lipinski definition) is 5. The molecule has 3 aromatic rings. The van der Waals surface area contributed by atoms with E-state index in [0.29, 0.717) is 28.2 Å². The van der Waals surface area contributed by atoms with Crippen molar-refractivity contribution in [3.63, 3.8) is 0 Å². The highest BCUT2D eigenvalue weighted by molar-refractivity contribution is 6.33. The van der Waals surface area contributed by atoms with Crippen LogP contribution in [0.15, 0.2) is 60.8 Å². The van der Waals surface area contributed by atoms with Gasteiger partial charge in [0, 0.05) is 61.6 Å². The largest absolute Gasteiger partial charge is 0.353 e. The Balaban J connectivity index is 1.08. The smallest absolute Gasteiger partial charge is 0.253 e. The molecule has 200 valence electrons. The lowest BCUT2D eigenvalue weighted by Crippen LogP contribution is -2.53. The van der Waals surface area contributed by atoms with Crippen LogP contribution in [-0.2, 0) is 13.1 Å². The maximum atomic E-state index is 12.6. The number of likely N-dealkylation sites (tertiary alicyclic amines) is 1. The predicted molar refractivity (Wildman–Crippen MR) is 155 cm³/mol. The summed E-state index contributed by atoms with van der Waals surface area (Å²) in [6.45, 7) is 7.32. The van der Waals surface area contributed by atoms with Crippen molar-refractivity contribution >= 4 is 46.5 Å². The van der Waals surface area contributed by atoms with Crippen molar-refractivity contribution in [2.24, 2.45) is 0 Å². The molecule has 2 aliphatic heterocycles. The molecule has 2 aliphatic rings. The van der Waals surface area contributed by atoms with E-state index < -0.39 is 0 Å². The second kappa shape index (κ2) is 12.7. The summed E-state index contributed by atoms with van der Waals surface area (Å²) in [5.41, 5.74) is 2.70. The van der Waals surface area contributed by atoms with Crippen molar-refractivity contribution in [2.45, 2.75) is 32.0 Å². The predicted octanol–water partition coefficient (Wildman–Crippen LogP) is 5.76. The van der Waals surface area contributed by atoms with Gasteiger partial charge in [-0.2, -0.15) is 0 Å². The molecule has 38 heavy (non-hydrogen) atoms. The van der Waals surface area contributed by atoms with Crippen LogP contribution in [0.2, 0.25) is 15.1 Å². The molecule has 0 unspecified atom stereocenters. The van der Waals surface area contributed by atoms with Crippen molar-refractivity contribution in [2.75, 3.05) is 44.2 Å². The Morgan fingerprint density at radius 1 is 0.868 bits per heavy atom. The van der Waals surface area contributed by atoms with Gasteiger partial charge in [-0.15, -0.1) is 0 Å². The zero-order chi connectivity index (χ0) is 26.5. The number of nitrogens with zero attached hydrogens (tertiary/aromatic N) is 4. The molecule has 5 rings (SSSR count). The Morgan fingerprint density at radius 2 is 1.61 bits per heavy atom. The Bertz CT molecular complexity index is 1240. The van der Waals surface area contributed by atoms with E-state index in [9.17, 15) is 4.79 Å². The SMILES string of the molecule is O=C(NCc1cccc(Cl)c1)c1cnc(N2CCN(C3CCN(Cc4ccc(Cl)cc4)CC3)CC2)c(Cl)c1. The molecule has 0 radical (unpaired) electrons. The second-order valence-corrected chi connectivity index (χ2v) is 11.3. The van der Waals surface area contributed by atoms with Gasteiger partial charge >= 0.3 is 0 Å². The van der Waals surface area contributed by atoms with Crippen LogP contribution in [0.3, 0.4) is 0 Å². The molecule has 0 bridgehead atoms. The number of carbonyl (C=O) groups is 1. The van der Waals surface area contributed by atoms with Gasteiger partial charge in [0.2, 0.25) is 0 Å². The van der Waals surface area contributed by atoms with Crippen molar-refractivity contribution in [3.8, 4) is 0 Å². The molecule has 9 heteroatoms. The number of aromatic nitrogens is 1. The van der Waals surface area contributed by atoms with Crippen LogP contribution in [0.25, 0.3) is 0 Å². The number of piperazine rings is 1. The molecule has 0 saturated carbocycles. The van der Waals surface area contributed by atoms with Gasteiger partial charge in [-0.25, -0.2) is 4.98 Å². The first-order chi connectivity index (χ1) is 18.4. The molecular formula is C29H32Cl3N5O. The minimum Gasteiger partial charge on any atom is -0.353 e. The lowest BCUT2D eigenvalue weighted by Gasteiger charge is -2.43. The lowest BCUT2D eigenvalue weighted by molar-refractivity contribution is 0.0950. The summed E-state index contributed by atoms with van der Waals surface area (Å²) in [7, 11) is 0. The summed E-state index contributed by atoms with van der Waals surface area (Å²) >= 11 is 18.6. The van der Waals surface area contributed by atoms with Gasteiger partial charge in [0.25, 0.3) is 5.91 Å². The number of halogens is 3. The third-order valence-electron chi connectivity index (χ3n) is 7.43. The highest BCUT2D eigenvalue weighted by Gasteiger charge is 2.28. The minimum absolute atomic E-state index is 0.210. The van der Waals surface area contributed by atoms with E-state index in [2.05, 4.69) is 37.1 Å². The van der Waals surface area contributed by atoms with Crippen LogP contribution < -0.4 is 10.2 Å². The Morgan fingerprint density at radius 3 is 2.29 bits per heavy atom. The van der Waals surface area contributed by atoms with Gasteiger partial charge in [0.15, 0.2) is 0 Å². The van der Waals surface area contributed by atoms with Crippen LogP contribution in [0.5, 0.6) is 0 Å². The molecule has 6 nitrogen and oxygen atoms in total. The Hall–Kier alpha value is -2.35. The van der Waals surface area contributed by atoms with Gasteiger partial charge in [-0.05, 0) is 67.4 Å². The number of rotatable bonds is 7. The molecule has 0 aliphatic carbocycles. The summed E-state index contributed by atoms with van der Waals surface area (Å²) in [6.07, 6.45) is 3.98. The number of amides is 1. The number of nitrogens with one attached hydrogen (secondary N) is 1. The van der Waals surface area contributed by atoms with E-state index in [1.165, 1.54) is 18.4 Å². The first-order valence-corrected chi connectivity index (χ1v) is 14.2. The normalized spacial score (nSPS) is 17.5. The second-order valence-electron chi connectivity index (χ2n) is 10.00. The molecule has 2 fully saturated rings. The quantitative estimate of drug-likeness (QED) is 0.390. The molecular weight excluding hydrogens is 541 g/mol. The fraction of sp³-hybridized carbons (Fsp3) is 0.379. The van der Waals surface area contributed by atoms with Crippen molar-refractivity contribution in [3.05, 3.63) is 92.6 Å². The number of anilines is 1.